The fourth-order valence-corrected chi connectivity index (χ4v) is 4.24. The molecule has 0 unspecified atom stereocenters. The summed E-state index contributed by atoms with van der Waals surface area (Å²) in [5, 5.41) is 3.40. The number of hydrogen-bond acceptors (Lipinski definition) is 3. The predicted octanol–water partition coefficient (Wildman–Crippen LogP) is 4.69. The number of carbonyl (C=O) groups is 1. The smallest absolute Gasteiger partial charge is 0.223 e. The van der Waals surface area contributed by atoms with Crippen molar-refractivity contribution in [3.05, 3.63) is 43.5 Å². The molecule has 2 heterocycles. The zero-order chi connectivity index (χ0) is 15.0. The SMILES string of the molecule is CC(=O)N1CCc2cc(NCc3cc(Br)c(Cl)s3)ccc21. The van der Waals surface area contributed by atoms with Crippen LogP contribution in [0.1, 0.15) is 17.4 Å². The van der Waals surface area contributed by atoms with Gasteiger partial charge >= 0.3 is 0 Å². The van der Waals surface area contributed by atoms with Crippen LogP contribution in [-0.2, 0) is 17.8 Å². The predicted molar refractivity (Wildman–Crippen MR) is 92.5 cm³/mol. The Balaban J connectivity index is 1.72. The molecular weight excluding hydrogens is 372 g/mol. The van der Waals surface area contributed by atoms with Crippen LogP contribution in [-0.4, -0.2) is 12.5 Å². The van der Waals surface area contributed by atoms with Crippen molar-refractivity contribution in [1.29, 1.82) is 0 Å². The number of halogens is 2. The molecule has 21 heavy (non-hydrogen) atoms. The molecule has 0 saturated carbocycles. The number of fused-ring (bicyclic) bond motifs is 1. The van der Waals surface area contributed by atoms with Gasteiger partial charge in [-0.05, 0) is 52.2 Å². The summed E-state index contributed by atoms with van der Waals surface area (Å²) >= 11 is 11.0. The summed E-state index contributed by atoms with van der Waals surface area (Å²) in [5.74, 6) is 0.104. The summed E-state index contributed by atoms with van der Waals surface area (Å²) in [4.78, 5) is 14.5. The van der Waals surface area contributed by atoms with Gasteiger partial charge in [0.15, 0.2) is 0 Å². The van der Waals surface area contributed by atoms with Crippen molar-refractivity contribution in [3.8, 4) is 0 Å². The molecule has 1 aliphatic heterocycles. The summed E-state index contributed by atoms with van der Waals surface area (Å²) in [6, 6.07) is 8.20. The second kappa shape index (κ2) is 5.99. The van der Waals surface area contributed by atoms with E-state index in [0.717, 1.165) is 39.7 Å². The van der Waals surface area contributed by atoms with E-state index in [1.807, 2.05) is 23.1 Å². The van der Waals surface area contributed by atoms with Gasteiger partial charge in [-0.1, -0.05) is 11.6 Å². The average Bonchev–Trinajstić information content (AvgIpc) is 3.00. The number of hydrogen-bond donors (Lipinski definition) is 1. The normalized spacial score (nSPS) is 13.4. The lowest BCUT2D eigenvalue weighted by Gasteiger charge is -2.15. The van der Waals surface area contributed by atoms with E-state index in [1.165, 1.54) is 10.4 Å². The van der Waals surface area contributed by atoms with Gasteiger partial charge < -0.3 is 10.2 Å². The van der Waals surface area contributed by atoms with E-state index in [1.54, 1.807) is 18.3 Å². The van der Waals surface area contributed by atoms with Gasteiger partial charge in [0.25, 0.3) is 0 Å². The molecule has 2 aromatic rings. The first-order valence-corrected chi connectivity index (χ1v) is 8.62. The molecule has 1 amide bonds. The van der Waals surface area contributed by atoms with Crippen LogP contribution in [0.5, 0.6) is 0 Å². The zero-order valence-corrected chi connectivity index (χ0v) is 14.6. The van der Waals surface area contributed by atoms with Crippen molar-refractivity contribution in [2.45, 2.75) is 19.9 Å². The maximum absolute atomic E-state index is 11.5. The van der Waals surface area contributed by atoms with Crippen LogP contribution in [0.3, 0.4) is 0 Å². The molecule has 0 bridgehead atoms. The lowest BCUT2D eigenvalue weighted by atomic mass is 10.1. The summed E-state index contributed by atoms with van der Waals surface area (Å²) < 4.78 is 1.72. The van der Waals surface area contributed by atoms with Crippen LogP contribution in [0.4, 0.5) is 11.4 Å². The summed E-state index contributed by atoms with van der Waals surface area (Å²) in [7, 11) is 0. The first-order valence-electron chi connectivity index (χ1n) is 6.63. The molecule has 110 valence electrons. The zero-order valence-electron chi connectivity index (χ0n) is 11.5. The van der Waals surface area contributed by atoms with E-state index >= 15 is 0 Å². The largest absolute Gasteiger partial charge is 0.380 e. The van der Waals surface area contributed by atoms with Crippen LogP contribution in [0, 0.1) is 0 Å². The van der Waals surface area contributed by atoms with Crippen molar-refractivity contribution >= 4 is 56.1 Å². The molecule has 6 heteroatoms. The standard InChI is InChI=1S/C15H14BrClN2OS/c1-9(20)19-5-4-10-6-11(2-3-14(10)19)18-8-12-7-13(16)15(17)21-12/h2-3,6-7,18H,4-5,8H2,1H3. The third-order valence-electron chi connectivity index (χ3n) is 3.52. The van der Waals surface area contributed by atoms with Crippen molar-refractivity contribution in [1.82, 2.24) is 0 Å². The number of amides is 1. The maximum Gasteiger partial charge on any atom is 0.223 e. The Morgan fingerprint density at radius 1 is 1.48 bits per heavy atom. The number of nitrogens with one attached hydrogen (secondary N) is 1. The molecule has 0 spiro atoms. The molecule has 1 N–H and O–H groups in total. The second-order valence-electron chi connectivity index (χ2n) is 4.95. The van der Waals surface area contributed by atoms with Crippen LogP contribution in [0.25, 0.3) is 0 Å². The summed E-state index contributed by atoms with van der Waals surface area (Å²) in [6.45, 7) is 3.13. The van der Waals surface area contributed by atoms with E-state index in [4.69, 9.17) is 11.6 Å². The van der Waals surface area contributed by atoms with E-state index in [0.29, 0.717) is 0 Å². The van der Waals surface area contributed by atoms with Crippen LogP contribution in [0.15, 0.2) is 28.7 Å². The number of thiophene rings is 1. The summed E-state index contributed by atoms with van der Waals surface area (Å²) in [5.41, 5.74) is 3.33. The third kappa shape index (κ3) is 3.10. The van der Waals surface area contributed by atoms with E-state index in [-0.39, 0.29) is 5.91 Å². The monoisotopic (exact) mass is 384 g/mol. The van der Waals surface area contributed by atoms with E-state index in [2.05, 4.69) is 27.3 Å². The van der Waals surface area contributed by atoms with Crippen LogP contribution in [0.2, 0.25) is 4.34 Å². The molecule has 0 radical (unpaired) electrons. The molecule has 0 fully saturated rings. The lowest BCUT2D eigenvalue weighted by molar-refractivity contribution is -0.116. The van der Waals surface area contributed by atoms with Gasteiger partial charge in [-0.25, -0.2) is 0 Å². The third-order valence-corrected chi connectivity index (χ3v) is 5.99. The maximum atomic E-state index is 11.5. The molecule has 1 aromatic carbocycles. The van der Waals surface area contributed by atoms with Gasteiger partial charge in [-0.2, -0.15) is 0 Å². The quantitative estimate of drug-likeness (QED) is 0.831. The molecule has 0 saturated heterocycles. The highest BCUT2D eigenvalue weighted by molar-refractivity contribution is 9.10. The van der Waals surface area contributed by atoms with Gasteiger partial charge in [-0.3, -0.25) is 4.79 Å². The Hall–Kier alpha value is -1.04. The van der Waals surface area contributed by atoms with E-state index < -0.39 is 0 Å². The van der Waals surface area contributed by atoms with Gasteiger partial charge in [0.1, 0.15) is 4.34 Å². The molecule has 0 atom stereocenters. The van der Waals surface area contributed by atoms with Crippen molar-refractivity contribution < 1.29 is 4.79 Å². The minimum atomic E-state index is 0.104. The van der Waals surface area contributed by atoms with Gasteiger partial charge in [0.2, 0.25) is 5.91 Å². The number of benzene rings is 1. The molecule has 1 aromatic heterocycles. The average molecular weight is 386 g/mol. The van der Waals surface area contributed by atoms with Gasteiger partial charge in [0.05, 0.1) is 0 Å². The van der Waals surface area contributed by atoms with Crippen LogP contribution >= 0.6 is 38.9 Å². The number of anilines is 2. The lowest BCUT2D eigenvalue weighted by Crippen LogP contribution is -2.25. The minimum Gasteiger partial charge on any atom is -0.380 e. The Morgan fingerprint density at radius 2 is 2.29 bits per heavy atom. The first kappa shape index (κ1) is 14.9. The molecule has 3 rings (SSSR count). The van der Waals surface area contributed by atoms with E-state index in [9.17, 15) is 4.79 Å². The molecular formula is C15H14BrClN2OS. The van der Waals surface area contributed by atoms with Crippen molar-refractivity contribution in [2.75, 3.05) is 16.8 Å². The number of carbonyl (C=O) groups excluding carboxylic acids is 1. The first-order chi connectivity index (χ1) is 10.0. The molecule has 0 aliphatic carbocycles. The Morgan fingerprint density at radius 3 is 2.95 bits per heavy atom. The van der Waals surface area contributed by atoms with Crippen LogP contribution < -0.4 is 10.2 Å². The second-order valence-corrected chi connectivity index (χ2v) is 7.55. The molecule has 1 aliphatic rings. The number of rotatable bonds is 3. The fraction of sp³-hybridized carbons (Fsp3) is 0.267. The Kier molecular flexibility index (Phi) is 4.24. The highest BCUT2D eigenvalue weighted by Crippen LogP contribution is 2.33. The highest BCUT2D eigenvalue weighted by Gasteiger charge is 2.21. The minimum absolute atomic E-state index is 0.104. The van der Waals surface area contributed by atoms with Gasteiger partial charge in [0, 0.05) is 40.7 Å². The Labute approximate surface area is 141 Å². The fourth-order valence-electron chi connectivity index (χ4n) is 2.51. The number of nitrogens with zero attached hydrogens (tertiary/aromatic N) is 1. The Bertz CT molecular complexity index is 681. The van der Waals surface area contributed by atoms with Gasteiger partial charge in [-0.15, -0.1) is 11.3 Å². The summed E-state index contributed by atoms with van der Waals surface area (Å²) in [6.07, 6.45) is 0.917. The topological polar surface area (TPSA) is 32.3 Å². The molecule has 3 nitrogen and oxygen atoms in total. The van der Waals surface area contributed by atoms with Crippen molar-refractivity contribution in [3.63, 3.8) is 0 Å². The highest BCUT2D eigenvalue weighted by atomic mass is 79.9. The van der Waals surface area contributed by atoms with Crippen molar-refractivity contribution in [2.24, 2.45) is 0 Å².